The van der Waals surface area contributed by atoms with Crippen LogP contribution in [0.15, 0.2) is 69.6 Å². The normalized spacial score (nSPS) is 18.4. The van der Waals surface area contributed by atoms with Gasteiger partial charge in [0, 0.05) is 109 Å². The first-order valence-corrected chi connectivity index (χ1v) is 31.1. The van der Waals surface area contributed by atoms with E-state index in [0.29, 0.717) is 43.8 Å². The summed E-state index contributed by atoms with van der Waals surface area (Å²) in [5.74, 6) is -4.52. The summed E-state index contributed by atoms with van der Waals surface area (Å²) in [6.07, 6.45) is 3.89. The second-order valence-corrected chi connectivity index (χ2v) is 24.9. The molecule has 2 saturated heterocycles. The standard InChI is InChI=1S/C58H81N11O11S3/c1-9-37(4)51(63-53(75)44-33-64(44)6)58(79)65(7)43(36(2)3)32-46(80-38(5)70)55-62-42(34-83-55)56(77)66(8)45(35-82-50-21-16-30-81-50)54(76)60-40(19-13-14-24-59)52(74)61-41(31-39-17-11-10-12-18-39)57(78)68-28-26-67(27-29-68)47(71)20-15-25-69-48(72)22-23-49(69)73/h10-12,16-18,21-23,30,34,36-37,40-41,43-46,51H,9,13-15,19-20,24-29,31-33,35,59H2,1-8H3,(H,60,76)(H,61,74)(H,63,75)/t37-,40+,41-,43+,44?,45-,46+,51-,64?/m0/s1. The summed E-state index contributed by atoms with van der Waals surface area (Å²) in [5.41, 5.74) is 6.65. The molecule has 2 aromatic heterocycles. The third kappa shape index (κ3) is 18.5. The number of nitrogens with zero attached hydrogens (tertiary/aromatic N) is 7. The number of nitrogens with one attached hydrogen (secondary N) is 3. The fourth-order valence-electron chi connectivity index (χ4n) is 9.99. The summed E-state index contributed by atoms with van der Waals surface area (Å²) in [6.45, 7) is 11.0. The van der Waals surface area contributed by atoms with Crippen molar-refractivity contribution in [2.45, 2.75) is 133 Å². The van der Waals surface area contributed by atoms with E-state index in [1.54, 1.807) is 21.7 Å². The highest BCUT2D eigenvalue weighted by Crippen LogP contribution is 2.32. The Morgan fingerprint density at radius 2 is 1.51 bits per heavy atom. The van der Waals surface area contributed by atoms with E-state index in [9.17, 15) is 47.9 Å². The van der Waals surface area contributed by atoms with Gasteiger partial charge in [0.05, 0.1) is 4.21 Å². The van der Waals surface area contributed by atoms with Gasteiger partial charge in [-0.15, -0.1) is 34.4 Å². The molecule has 2 unspecified atom stereocenters. The van der Waals surface area contributed by atoms with E-state index >= 15 is 0 Å². The predicted octanol–water partition coefficient (Wildman–Crippen LogP) is 3.48. The Bertz CT molecular complexity index is 2750. The fourth-order valence-corrected chi connectivity index (χ4v) is 12.8. The molecule has 0 aliphatic carbocycles. The summed E-state index contributed by atoms with van der Waals surface area (Å²) >= 11 is 3.92. The largest absolute Gasteiger partial charge is 0.455 e. The topological polar surface area (TPSA) is 274 Å². The number of carbonyl (C=O) groups is 10. The maximum atomic E-state index is 14.8. The number of thiazole rings is 1. The number of aromatic nitrogens is 1. The molecule has 3 aliphatic rings. The van der Waals surface area contributed by atoms with Crippen LogP contribution in [0.5, 0.6) is 0 Å². The molecule has 22 nitrogen and oxygen atoms in total. The summed E-state index contributed by atoms with van der Waals surface area (Å²) in [5, 5.41) is 12.6. The quantitative estimate of drug-likeness (QED) is 0.0236. The third-order valence-corrected chi connectivity index (χ3v) is 18.5. The van der Waals surface area contributed by atoms with E-state index in [1.165, 1.54) is 59.5 Å². The maximum Gasteiger partial charge on any atom is 0.303 e. The zero-order chi connectivity index (χ0) is 60.5. The number of carbonyl (C=O) groups excluding carboxylic acids is 10. The van der Waals surface area contributed by atoms with Crippen LogP contribution >= 0.6 is 34.4 Å². The number of esters is 1. The van der Waals surface area contributed by atoms with Crippen molar-refractivity contribution in [1.29, 1.82) is 0 Å². The van der Waals surface area contributed by atoms with Gasteiger partial charge in [-0.2, -0.15) is 0 Å². The van der Waals surface area contributed by atoms with Crippen molar-refractivity contribution < 1.29 is 52.7 Å². The second kappa shape index (κ2) is 31.4. The molecular formula is C58H81N11O11S3. The lowest BCUT2D eigenvalue weighted by Crippen LogP contribution is -2.59. The molecular weight excluding hydrogens is 1120 g/mol. The Morgan fingerprint density at radius 1 is 0.843 bits per heavy atom. The van der Waals surface area contributed by atoms with Crippen LogP contribution in [0.3, 0.4) is 0 Å². The molecule has 0 bridgehead atoms. The average molecular weight is 1200 g/mol. The number of hydrogen-bond acceptors (Lipinski definition) is 17. The number of nitrogens with two attached hydrogens (primary N) is 1. The SMILES string of the molecule is CC[C@H](C)[C@H](NC(=O)C1CN1C)C(=O)N(C)[C@H](C[C@@H](OC(C)=O)c1nc(C(=O)N(C)[C@@H](CSc2cccs2)C(=O)N[C@H](CCCCN)C(=O)N[C@@H](Cc2ccccc2)C(=O)N2CCN(C(=O)CCCN3C(=O)C=CC3=O)CC2)cs1)C(C)C. The molecule has 1 aromatic carbocycles. The van der Waals surface area contributed by atoms with Crippen molar-refractivity contribution in [3.05, 3.63) is 81.6 Å². The van der Waals surface area contributed by atoms with Crippen molar-refractivity contribution in [1.82, 2.24) is 50.3 Å². The van der Waals surface area contributed by atoms with E-state index in [0.717, 1.165) is 26.0 Å². The molecule has 2 fully saturated rings. The summed E-state index contributed by atoms with van der Waals surface area (Å²) in [6, 6.07) is 8.03. The number of piperazine rings is 1. The molecule has 0 spiro atoms. The Hall–Kier alpha value is -6.54. The van der Waals surface area contributed by atoms with E-state index in [4.69, 9.17) is 15.5 Å². The fraction of sp³-hybridized carbons (Fsp3) is 0.569. The Kier molecular flexibility index (Phi) is 24.8. The van der Waals surface area contributed by atoms with Gasteiger partial charge in [-0.05, 0) is 68.1 Å². The monoisotopic (exact) mass is 1200 g/mol. The van der Waals surface area contributed by atoms with Crippen LogP contribution in [0.1, 0.15) is 107 Å². The summed E-state index contributed by atoms with van der Waals surface area (Å²) in [7, 11) is 5.00. The maximum absolute atomic E-state index is 14.8. The van der Waals surface area contributed by atoms with Gasteiger partial charge in [0.1, 0.15) is 40.9 Å². The number of imide groups is 1. The zero-order valence-electron chi connectivity index (χ0n) is 48.8. The van der Waals surface area contributed by atoms with E-state index < -0.39 is 71.8 Å². The predicted molar refractivity (Wildman–Crippen MR) is 317 cm³/mol. The van der Waals surface area contributed by atoms with Gasteiger partial charge < -0.3 is 46.0 Å². The Labute approximate surface area is 498 Å². The van der Waals surface area contributed by atoms with Crippen molar-refractivity contribution in [3.8, 4) is 0 Å². The van der Waals surface area contributed by atoms with Gasteiger partial charge in [-0.25, -0.2) is 4.98 Å². The highest BCUT2D eigenvalue weighted by atomic mass is 32.2. The minimum Gasteiger partial charge on any atom is -0.455 e. The first-order valence-electron chi connectivity index (χ1n) is 28.4. The third-order valence-electron chi connectivity index (χ3n) is 15.4. The molecule has 5 N–H and O–H groups in total. The molecule has 5 heterocycles. The Morgan fingerprint density at radius 3 is 2.11 bits per heavy atom. The number of rotatable bonds is 31. The average Bonchev–Trinajstić information content (AvgIpc) is 3.96. The molecule has 6 rings (SSSR count). The van der Waals surface area contributed by atoms with Crippen molar-refractivity contribution in [2.75, 3.05) is 72.7 Å². The molecule has 452 valence electrons. The van der Waals surface area contributed by atoms with Gasteiger partial charge in [0.2, 0.25) is 35.4 Å². The molecule has 3 aromatic rings. The highest BCUT2D eigenvalue weighted by Gasteiger charge is 2.42. The minimum absolute atomic E-state index is 0.0194. The number of thioether (sulfide) groups is 1. The van der Waals surface area contributed by atoms with Crippen LogP contribution in [0.25, 0.3) is 0 Å². The number of likely N-dealkylation sites (N-methyl/N-ethyl adjacent to an activating group) is 3. The molecule has 25 heteroatoms. The van der Waals surface area contributed by atoms with Gasteiger partial charge in [-0.3, -0.25) is 57.7 Å². The Balaban J connectivity index is 1.17. The molecule has 3 aliphatic heterocycles. The highest BCUT2D eigenvalue weighted by molar-refractivity contribution is 8.01. The van der Waals surface area contributed by atoms with Gasteiger partial charge in [-0.1, -0.05) is 70.5 Å². The smallest absolute Gasteiger partial charge is 0.303 e. The minimum atomic E-state index is -1.15. The van der Waals surface area contributed by atoms with Crippen LogP contribution in [-0.4, -0.2) is 202 Å². The number of amides is 9. The lowest BCUT2D eigenvalue weighted by atomic mass is 9.93. The first kappa shape index (κ1) is 65.6. The van der Waals surface area contributed by atoms with E-state index in [1.807, 2.05) is 87.5 Å². The zero-order valence-corrected chi connectivity index (χ0v) is 51.2. The van der Waals surface area contributed by atoms with E-state index in [-0.39, 0.29) is 111 Å². The van der Waals surface area contributed by atoms with Gasteiger partial charge in [0.25, 0.3) is 17.7 Å². The van der Waals surface area contributed by atoms with Crippen LogP contribution < -0.4 is 21.7 Å². The first-order chi connectivity index (χ1) is 39.6. The summed E-state index contributed by atoms with van der Waals surface area (Å²) < 4.78 is 6.76. The van der Waals surface area contributed by atoms with Crippen LogP contribution in [0.4, 0.5) is 0 Å². The molecule has 0 radical (unpaired) electrons. The van der Waals surface area contributed by atoms with Gasteiger partial charge in [0.15, 0.2) is 6.10 Å². The number of ether oxygens (including phenoxy) is 1. The number of benzene rings is 1. The molecule has 9 atom stereocenters. The van der Waals surface area contributed by atoms with Crippen molar-refractivity contribution in [3.63, 3.8) is 0 Å². The molecule has 0 saturated carbocycles. The number of unbranched alkanes of at least 4 members (excludes halogenated alkanes) is 1. The van der Waals surface area contributed by atoms with Crippen LogP contribution in [0.2, 0.25) is 0 Å². The summed E-state index contributed by atoms with van der Waals surface area (Å²) in [4.78, 5) is 150. The van der Waals surface area contributed by atoms with Gasteiger partial charge >= 0.3 is 5.97 Å². The lowest BCUT2D eigenvalue weighted by molar-refractivity contribution is -0.149. The number of hydrogen-bond donors (Lipinski definition) is 4. The van der Waals surface area contributed by atoms with Crippen LogP contribution in [-0.2, 0) is 54.3 Å². The number of thiophene rings is 1. The second-order valence-electron chi connectivity index (χ2n) is 21.7. The van der Waals surface area contributed by atoms with Crippen LogP contribution in [0, 0.1) is 11.8 Å². The lowest BCUT2D eigenvalue weighted by Gasteiger charge is -2.37. The van der Waals surface area contributed by atoms with E-state index in [2.05, 4.69) is 16.0 Å². The molecule has 9 amide bonds. The van der Waals surface area contributed by atoms with Crippen molar-refractivity contribution in [2.24, 2.45) is 17.6 Å². The van der Waals surface area contributed by atoms with Crippen molar-refractivity contribution >= 4 is 93.6 Å². The molecule has 83 heavy (non-hydrogen) atoms.